The van der Waals surface area contributed by atoms with E-state index in [1.54, 1.807) is 17.5 Å². The van der Waals surface area contributed by atoms with Crippen molar-refractivity contribution in [3.05, 3.63) is 27.9 Å². The molecule has 0 unspecified atom stereocenters. The van der Waals surface area contributed by atoms with Crippen LogP contribution in [0.15, 0.2) is 22.1 Å². The smallest absolute Gasteiger partial charge is 0.317 e. The highest BCUT2D eigenvalue weighted by molar-refractivity contribution is 9.10. The third-order valence-electron chi connectivity index (χ3n) is 3.48. The van der Waals surface area contributed by atoms with Gasteiger partial charge < -0.3 is 10.1 Å². The molecule has 3 rings (SSSR count). The van der Waals surface area contributed by atoms with Crippen LogP contribution in [-0.4, -0.2) is 21.0 Å². The molecular formula is C12H11BrN2O2S. The first-order valence-corrected chi connectivity index (χ1v) is 7.32. The predicted octanol–water partition coefficient (Wildman–Crippen LogP) is 3.41. The molecule has 0 spiro atoms. The summed E-state index contributed by atoms with van der Waals surface area (Å²) >= 11 is 5.00. The average molecular weight is 327 g/mol. The van der Waals surface area contributed by atoms with Gasteiger partial charge in [0.05, 0.1) is 16.8 Å². The van der Waals surface area contributed by atoms with Gasteiger partial charge in [-0.25, -0.2) is 4.98 Å². The van der Waals surface area contributed by atoms with Crippen LogP contribution in [-0.2, 0) is 10.2 Å². The second-order valence-corrected chi connectivity index (χ2v) is 6.34. The first-order chi connectivity index (χ1) is 8.62. The zero-order chi connectivity index (χ0) is 12.8. The fourth-order valence-corrected chi connectivity index (χ4v) is 3.62. The van der Waals surface area contributed by atoms with E-state index in [4.69, 9.17) is 0 Å². The van der Waals surface area contributed by atoms with Gasteiger partial charge in [0.2, 0.25) is 0 Å². The Bertz CT molecular complexity index is 601. The summed E-state index contributed by atoms with van der Waals surface area (Å²) in [6.07, 6.45) is 4.01. The summed E-state index contributed by atoms with van der Waals surface area (Å²) in [4.78, 5) is 19.9. The Labute approximate surface area is 116 Å². The maximum atomic E-state index is 11.4. The highest BCUT2D eigenvalue weighted by Gasteiger charge is 2.48. The number of carboxylic acids is 1. The van der Waals surface area contributed by atoms with Gasteiger partial charge in [0.25, 0.3) is 0 Å². The second-order valence-electron chi connectivity index (χ2n) is 4.52. The van der Waals surface area contributed by atoms with Crippen LogP contribution in [0, 0.1) is 0 Å². The molecule has 1 fully saturated rings. The van der Waals surface area contributed by atoms with Gasteiger partial charge in [-0.1, -0.05) is 6.42 Å². The molecule has 1 aliphatic carbocycles. The molecule has 4 nitrogen and oxygen atoms in total. The Morgan fingerprint density at radius 2 is 2.33 bits per heavy atom. The van der Waals surface area contributed by atoms with Crippen molar-refractivity contribution in [3.8, 4) is 10.6 Å². The number of carbonyl (C=O) groups is 1. The Hall–Kier alpha value is -1.14. The van der Waals surface area contributed by atoms with Crippen LogP contribution in [0.3, 0.4) is 0 Å². The maximum absolute atomic E-state index is 11.4. The minimum absolute atomic E-state index is 0.584. The monoisotopic (exact) mass is 326 g/mol. The molecule has 2 aromatic rings. The van der Waals surface area contributed by atoms with Gasteiger partial charge in [0.15, 0.2) is 0 Å². The number of thiophene rings is 1. The van der Waals surface area contributed by atoms with Crippen LogP contribution in [0.25, 0.3) is 10.6 Å². The number of imidazole rings is 1. The Balaban J connectivity index is 1.96. The molecule has 0 atom stereocenters. The summed E-state index contributed by atoms with van der Waals surface area (Å²) in [5, 5.41) is 11.3. The van der Waals surface area contributed by atoms with Gasteiger partial charge in [-0.3, -0.25) is 4.79 Å². The molecule has 0 radical (unpaired) electrons. The van der Waals surface area contributed by atoms with Crippen LogP contribution >= 0.6 is 27.3 Å². The highest BCUT2D eigenvalue weighted by Crippen LogP contribution is 2.43. The van der Waals surface area contributed by atoms with Crippen molar-refractivity contribution in [1.29, 1.82) is 0 Å². The third-order valence-corrected chi connectivity index (χ3v) is 5.20. The number of nitrogens with zero attached hydrogens (tertiary/aromatic N) is 1. The molecule has 0 aromatic carbocycles. The lowest BCUT2D eigenvalue weighted by Gasteiger charge is -2.35. The number of carboxylic acid groups (broad SMARTS) is 1. The number of halogens is 1. The van der Waals surface area contributed by atoms with Crippen LogP contribution < -0.4 is 0 Å². The summed E-state index contributed by atoms with van der Waals surface area (Å²) in [7, 11) is 0. The number of aromatic nitrogens is 2. The van der Waals surface area contributed by atoms with E-state index in [0.29, 0.717) is 18.7 Å². The Morgan fingerprint density at radius 1 is 1.56 bits per heavy atom. The van der Waals surface area contributed by atoms with E-state index >= 15 is 0 Å². The van der Waals surface area contributed by atoms with Gasteiger partial charge in [0, 0.05) is 9.85 Å². The van der Waals surface area contributed by atoms with E-state index in [1.807, 2.05) is 11.4 Å². The summed E-state index contributed by atoms with van der Waals surface area (Å²) < 4.78 is 1.02. The molecule has 94 valence electrons. The fraction of sp³-hybridized carbons (Fsp3) is 0.333. The highest BCUT2D eigenvalue weighted by atomic mass is 79.9. The normalized spacial score (nSPS) is 17.4. The molecule has 0 amide bonds. The maximum Gasteiger partial charge on any atom is 0.317 e. The number of hydrogen-bond donors (Lipinski definition) is 2. The molecule has 2 N–H and O–H groups in total. The lowest BCUT2D eigenvalue weighted by Crippen LogP contribution is -2.43. The summed E-state index contributed by atoms with van der Waals surface area (Å²) in [5.74, 6) is -0.192. The van der Waals surface area contributed by atoms with Gasteiger partial charge >= 0.3 is 5.97 Å². The molecule has 0 bridgehead atoms. The standard InChI is InChI=1S/C12H11BrN2O2S/c13-7-4-9(18-6-7)8-5-14-10(15-8)12(11(16)17)2-1-3-12/h4-6H,1-3H2,(H,14,15)(H,16,17). The Morgan fingerprint density at radius 3 is 2.83 bits per heavy atom. The molecule has 2 heterocycles. The molecule has 0 aliphatic heterocycles. The number of nitrogens with one attached hydrogen (secondary N) is 1. The van der Waals surface area contributed by atoms with Crippen molar-refractivity contribution in [2.45, 2.75) is 24.7 Å². The average Bonchev–Trinajstić information content (AvgIpc) is 2.84. The van der Waals surface area contributed by atoms with Crippen LogP contribution in [0.1, 0.15) is 25.1 Å². The lowest BCUT2D eigenvalue weighted by atomic mass is 9.68. The van der Waals surface area contributed by atoms with E-state index in [2.05, 4.69) is 25.9 Å². The summed E-state index contributed by atoms with van der Waals surface area (Å²) in [6, 6.07) is 2.00. The van der Waals surface area contributed by atoms with E-state index in [0.717, 1.165) is 21.5 Å². The van der Waals surface area contributed by atoms with Crippen molar-refractivity contribution < 1.29 is 9.90 Å². The quantitative estimate of drug-likeness (QED) is 0.908. The van der Waals surface area contributed by atoms with Crippen molar-refractivity contribution in [2.75, 3.05) is 0 Å². The molecule has 18 heavy (non-hydrogen) atoms. The molecule has 0 saturated heterocycles. The molecule has 1 saturated carbocycles. The van der Waals surface area contributed by atoms with Gasteiger partial charge in [0.1, 0.15) is 11.2 Å². The number of hydrogen-bond acceptors (Lipinski definition) is 3. The number of aromatic amines is 1. The van der Waals surface area contributed by atoms with Crippen molar-refractivity contribution in [1.82, 2.24) is 9.97 Å². The number of rotatable bonds is 3. The van der Waals surface area contributed by atoms with Gasteiger partial charge in [-0.2, -0.15) is 0 Å². The molecule has 2 aromatic heterocycles. The van der Waals surface area contributed by atoms with E-state index in [9.17, 15) is 9.90 Å². The largest absolute Gasteiger partial charge is 0.480 e. The van der Waals surface area contributed by atoms with Crippen LogP contribution in [0.4, 0.5) is 0 Å². The van der Waals surface area contributed by atoms with E-state index < -0.39 is 11.4 Å². The molecule has 6 heteroatoms. The summed E-state index contributed by atoms with van der Waals surface area (Å²) in [6.45, 7) is 0. The zero-order valence-corrected chi connectivity index (χ0v) is 11.8. The molecule has 1 aliphatic rings. The first-order valence-electron chi connectivity index (χ1n) is 5.65. The minimum atomic E-state index is -0.785. The van der Waals surface area contributed by atoms with Gasteiger partial charge in [-0.15, -0.1) is 11.3 Å². The van der Waals surface area contributed by atoms with Crippen molar-refractivity contribution in [2.24, 2.45) is 0 Å². The Kier molecular flexibility index (Phi) is 2.79. The fourth-order valence-electron chi connectivity index (χ4n) is 2.23. The topological polar surface area (TPSA) is 66.0 Å². The van der Waals surface area contributed by atoms with E-state index in [-0.39, 0.29) is 0 Å². The predicted molar refractivity (Wildman–Crippen MR) is 72.8 cm³/mol. The van der Waals surface area contributed by atoms with Crippen LogP contribution in [0.5, 0.6) is 0 Å². The third kappa shape index (κ3) is 1.71. The molecular weight excluding hydrogens is 316 g/mol. The minimum Gasteiger partial charge on any atom is -0.480 e. The summed E-state index contributed by atoms with van der Waals surface area (Å²) in [5.41, 5.74) is 0.0976. The zero-order valence-electron chi connectivity index (χ0n) is 9.44. The SMILES string of the molecule is O=C(O)C1(c2ncc(-c3cc(Br)cs3)[nH]2)CCC1. The van der Waals surface area contributed by atoms with Gasteiger partial charge in [-0.05, 0) is 34.8 Å². The van der Waals surface area contributed by atoms with E-state index in [1.165, 1.54) is 0 Å². The van der Waals surface area contributed by atoms with Crippen LogP contribution in [0.2, 0.25) is 0 Å². The number of H-pyrrole nitrogens is 1. The second kappa shape index (κ2) is 4.20. The first kappa shape index (κ1) is 11.9. The van der Waals surface area contributed by atoms with Crippen molar-refractivity contribution >= 4 is 33.2 Å². The van der Waals surface area contributed by atoms with Crippen molar-refractivity contribution in [3.63, 3.8) is 0 Å². The number of aliphatic carboxylic acids is 1. The lowest BCUT2D eigenvalue weighted by molar-refractivity contribution is -0.147.